The Bertz CT molecular complexity index is 1620. The standard InChI is InChI=1S/C37H37ClO4S/c1-3-30-22-34(40-23-26-12-6-4-7-13-26)36(41-24-27-14-8-5-9-15-27)37(39,42-30)32-21-29(33(38)18-25(32)2)20-31-19-28-16-10-11-17-35(28)43-31/h4-19,21,30,34,36,39H,3,20,22-24H2,1-2H3/t30-,34+,36-,37?/m1/s1. The second kappa shape index (κ2) is 13.3. The Kier molecular flexibility index (Phi) is 9.29. The summed E-state index contributed by atoms with van der Waals surface area (Å²) in [4.78, 5) is 1.21. The Labute approximate surface area is 262 Å². The summed E-state index contributed by atoms with van der Waals surface area (Å²) >= 11 is 8.60. The van der Waals surface area contributed by atoms with Crippen molar-refractivity contribution >= 4 is 33.0 Å². The summed E-state index contributed by atoms with van der Waals surface area (Å²) in [5.41, 5.74) is 4.54. The number of ether oxygens (including phenoxy) is 3. The average molecular weight is 613 g/mol. The lowest BCUT2D eigenvalue weighted by Crippen LogP contribution is -2.57. The monoisotopic (exact) mass is 612 g/mol. The molecule has 1 fully saturated rings. The highest BCUT2D eigenvalue weighted by Crippen LogP contribution is 2.43. The number of hydrogen-bond acceptors (Lipinski definition) is 5. The molecule has 1 unspecified atom stereocenters. The van der Waals surface area contributed by atoms with Gasteiger partial charge in [0.25, 0.3) is 0 Å². The first-order valence-electron chi connectivity index (χ1n) is 14.9. The molecule has 4 atom stereocenters. The second-order valence-corrected chi connectivity index (χ2v) is 12.9. The van der Waals surface area contributed by atoms with Gasteiger partial charge in [-0.3, -0.25) is 0 Å². The normalized spacial score (nSPS) is 22.2. The van der Waals surface area contributed by atoms with Gasteiger partial charge in [-0.15, -0.1) is 11.3 Å². The van der Waals surface area contributed by atoms with E-state index in [1.165, 1.54) is 15.0 Å². The number of hydrogen-bond donors (Lipinski definition) is 1. The van der Waals surface area contributed by atoms with E-state index in [-0.39, 0.29) is 6.10 Å². The van der Waals surface area contributed by atoms with Gasteiger partial charge in [0, 0.05) is 33.0 Å². The van der Waals surface area contributed by atoms with Crippen molar-refractivity contribution in [2.24, 2.45) is 0 Å². The van der Waals surface area contributed by atoms with E-state index in [9.17, 15) is 5.11 Å². The van der Waals surface area contributed by atoms with Crippen molar-refractivity contribution < 1.29 is 19.3 Å². The third-order valence-corrected chi connectivity index (χ3v) is 9.69. The maximum atomic E-state index is 12.7. The Morgan fingerprint density at radius 2 is 1.53 bits per heavy atom. The molecule has 1 aliphatic heterocycles. The molecular weight excluding hydrogens is 576 g/mol. The van der Waals surface area contributed by atoms with Crippen LogP contribution in [0.15, 0.2) is 103 Å². The van der Waals surface area contributed by atoms with Crippen LogP contribution in [0.25, 0.3) is 10.1 Å². The van der Waals surface area contributed by atoms with Crippen LogP contribution >= 0.6 is 22.9 Å². The molecule has 6 heteroatoms. The molecule has 1 aromatic heterocycles. The van der Waals surface area contributed by atoms with Crippen LogP contribution in [0.4, 0.5) is 0 Å². The minimum Gasteiger partial charge on any atom is -0.371 e. The third-order valence-electron chi connectivity index (χ3n) is 8.22. The van der Waals surface area contributed by atoms with Crippen molar-refractivity contribution in [3.05, 3.63) is 141 Å². The Morgan fingerprint density at radius 1 is 0.884 bits per heavy atom. The number of benzene rings is 4. The van der Waals surface area contributed by atoms with Crippen molar-refractivity contribution in [3.8, 4) is 0 Å². The van der Waals surface area contributed by atoms with E-state index in [0.29, 0.717) is 36.6 Å². The van der Waals surface area contributed by atoms with Gasteiger partial charge >= 0.3 is 0 Å². The van der Waals surface area contributed by atoms with Crippen molar-refractivity contribution in [2.75, 3.05) is 0 Å². The average Bonchev–Trinajstić information content (AvgIpc) is 3.44. The first kappa shape index (κ1) is 30.0. The first-order chi connectivity index (χ1) is 20.9. The van der Waals surface area contributed by atoms with Crippen LogP contribution in [0.2, 0.25) is 5.02 Å². The van der Waals surface area contributed by atoms with Crippen LogP contribution in [0, 0.1) is 6.92 Å². The molecule has 0 aliphatic carbocycles. The summed E-state index contributed by atoms with van der Waals surface area (Å²) in [6, 6.07) is 34.7. The molecule has 0 bridgehead atoms. The van der Waals surface area contributed by atoms with Crippen molar-refractivity contribution in [3.63, 3.8) is 0 Å². The second-order valence-electron chi connectivity index (χ2n) is 11.3. The number of rotatable bonds is 10. The van der Waals surface area contributed by atoms with Gasteiger partial charge in [-0.25, -0.2) is 0 Å². The minimum atomic E-state index is -1.74. The minimum absolute atomic E-state index is 0.205. The van der Waals surface area contributed by atoms with Crippen LogP contribution in [-0.4, -0.2) is 23.4 Å². The molecule has 1 N–H and O–H groups in total. The molecule has 4 nitrogen and oxygen atoms in total. The Morgan fingerprint density at radius 3 is 2.21 bits per heavy atom. The molecule has 4 aromatic carbocycles. The Hall–Kier alpha value is -3.03. The van der Waals surface area contributed by atoms with Crippen LogP contribution in [0.5, 0.6) is 0 Å². The van der Waals surface area contributed by atoms with Gasteiger partial charge in [0.15, 0.2) is 0 Å². The molecule has 0 amide bonds. The van der Waals surface area contributed by atoms with E-state index in [1.807, 2.05) is 79.7 Å². The molecule has 0 spiro atoms. The number of thiophene rings is 1. The van der Waals surface area contributed by atoms with Gasteiger partial charge in [-0.2, -0.15) is 0 Å². The predicted octanol–water partition coefficient (Wildman–Crippen LogP) is 8.97. The highest BCUT2D eigenvalue weighted by molar-refractivity contribution is 7.19. The van der Waals surface area contributed by atoms with E-state index in [2.05, 4.69) is 37.3 Å². The zero-order chi connectivity index (χ0) is 29.8. The van der Waals surface area contributed by atoms with E-state index in [4.69, 9.17) is 25.8 Å². The molecule has 1 aliphatic rings. The number of fused-ring (bicyclic) bond motifs is 1. The fourth-order valence-corrected chi connectivity index (χ4v) is 7.31. The van der Waals surface area contributed by atoms with Gasteiger partial charge in [0.1, 0.15) is 6.10 Å². The zero-order valence-electron chi connectivity index (χ0n) is 24.5. The fraction of sp³-hybridized carbons (Fsp3) is 0.297. The first-order valence-corrected chi connectivity index (χ1v) is 16.1. The molecule has 2 heterocycles. The smallest absolute Gasteiger partial charge is 0.222 e. The predicted molar refractivity (Wildman–Crippen MR) is 175 cm³/mol. The van der Waals surface area contributed by atoms with E-state index >= 15 is 0 Å². The van der Waals surface area contributed by atoms with Crippen LogP contribution < -0.4 is 0 Å². The molecule has 0 radical (unpaired) electrons. The summed E-state index contributed by atoms with van der Waals surface area (Å²) in [6.45, 7) is 4.78. The van der Waals surface area contributed by atoms with E-state index < -0.39 is 18.0 Å². The van der Waals surface area contributed by atoms with Crippen LogP contribution in [0.1, 0.15) is 52.5 Å². The lowest BCUT2D eigenvalue weighted by molar-refractivity contribution is -0.347. The zero-order valence-corrected chi connectivity index (χ0v) is 26.1. The Balaban J connectivity index is 1.36. The van der Waals surface area contributed by atoms with Crippen molar-refractivity contribution in [2.45, 2.75) is 70.4 Å². The molecule has 0 saturated carbocycles. The largest absolute Gasteiger partial charge is 0.371 e. The topological polar surface area (TPSA) is 47.9 Å². The van der Waals surface area contributed by atoms with Gasteiger partial charge in [-0.05, 0) is 65.3 Å². The summed E-state index contributed by atoms with van der Waals surface area (Å²) < 4.78 is 21.0. The molecule has 5 aromatic rings. The molecule has 6 rings (SSSR count). The summed E-state index contributed by atoms with van der Waals surface area (Å²) in [5, 5.41) is 14.5. The lowest BCUT2D eigenvalue weighted by atomic mass is 9.85. The maximum Gasteiger partial charge on any atom is 0.222 e. The molecule has 43 heavy (non-hydrogen) atoms. The van der Waals surface area contributed by atoms with Gasteiger partial charge < -0.3 is 19.3 Å². The quantitative estimate of drug-likeness (QED) is 0.171. The fourth-order valence-electron chi connectivity index (χ4n) is 5.93. The number of aliphatic hydroxyl groups is 1. The SMILES string of the molecule is CC[C@@H]1C[C@H](OCc2ccccc2)[C@@H](OCc2ccccc2)C(O)(c2cc(Cc3cc4ccccc4s3)c(Cl)cc2C)O1. The van der Waals surface area contributed by atoms with Crippen molar-refractivity contribution in [1.82, 2.24) is 0 Å². The number of halogens is 1. The third kappa shape index (κ3) is 6.73. The van der Waals surface area contributed by atoms with E-state index in [1.54, 1.807) is 11.3 Å². The van der Waals surface area contributed by atoms with Gasteiger partial charge in [0.2, 0.25) is 5.79 Å². The van der Waals surface area contributed by atoms with Gasteiger partial charge in [0.05, 0.1) is 25.4 Å². The van der Waals surface area contributed by atoms with Crippen molar-refractivity contribution in [1.29, 1.82) is 0 Å². The highest BCUT2D eigenvalue weighted by Gasteiger charge is 2.52. The lowest BCUT2D eigenvalue weighted by Gasteiger charge is -2.47. The molecule has 1 saturated heterocycles. The molecular formula is C37H37ClO4S. The van der Waals surface area contributed by atoms with Gasteiger partial charge in [-0.1, -0.05) is 97.4 Å². The maximum absolute atomic E-state index is 12.7. The highest BCUT2D eigenvalue weighted by atomic mass is 35.5. The number of aryl methyl sites for hydroxylation is 1. The summed E-state index contributed by atoms with van der Waals surface area (Å²) in [6.07, 6.45) is 0.642. The van der Waals surface area contributed by atoms with E-state index in [0.717, 1.165) is 28.7 Å². The van der Waals surface area contributed by atoms with Crippen LogP contribution in [-0.2, 0) is 39.6 Å². The summed E-state index contributed by atoms with van der Waals surface area (Å²) in [5.74, 6) is -1.74. The van der Waals surface area contributed by atoms with Crippen LogP contribution in [0.3, 0.4) is 0 Å². The molecule has 222 valence electrons. The summed E-state index contributed by atoms with van der Waals surface area (Å²) in [7, 11) is 0.